The van der Waals surface area contributed by atoms with Crippen LogP contribution < -0.4 is 5.73 Å². The first-order valence-electron chi connectivity index (χ1n) is 4.24. The lowest BCUT2D eigenvalue weighted by molar-refractivity contribution is 0.409. The molecule has 1 heterocycles. The summed E-state index contributed by atoms with van der Waals surface area (Å²) in [6.45, 7) is 3.77. The molecule has 1 unspecified atom stereocenters. The summed E-state index contributed by atoms with van der Waals surface area (Å²) in [5.41, 5.74) is 5.31. The number of hydrogen-bond acceptors (Lipinski definition) is 3. The predicted molar refractivity (Wildman–Crippen MR) is 48.2 cm³/mol. The first-order chi connectivity index (χ1) is 5.56. The van der Waals surface area contributed by atoms with Crippen LogP contribution in [-0.2, 0) is 10.0 Å². The molecule has 1 aliphatic rings. The highest BCUT2D eigenvalue weighted by molar-refractivity contribution is 7.89. The summed E-state index contributed by atoms with van der Waals surface area (Å²) in [4.78, 5) is 0. The van der Waals surface area contributed by atoms with Gasteiger partial charge in [0.2, 0.25) is 10.0 Å². The number of rotatable bonds is 3. The van der Waals surface area contributed by atoms with Crippen molar-refractivity contribution in [1.29, 1.82) is 0 Å². The molecule has 0 radical (unpaired) electrons. The van der Waals surface area contributed by atoms with Crippen molar-refractivity contribution in [3.8, 4) is 0 Å². The Morgan fingerprint density at radius 1 is 1.58 bits per heavy atom. The molecule has 72 valence electrons. The second-order valence-corrected chi connectivity index (χ2v) is 5.40. The molecule has 1 aliphatic heterocycles. The van der Waals surface area contributed by atoms with Crippen molar-refractivity contribution in [1.82, 2.24) is 4.31 Å². The zero-order valence-corrected chi connectivity index (χ0v) is 8.18. The third-order valence-corrected chi connectivity index (χ3v) is 4.12. The van der Waals surface area contributed by atoms with Crippen LogP contribution in [0, 0.1) is 5.92 Å². The molecule has 2 N–H and O–H groups in total. The lowest BCUT2D eigenvalue weighted by atomic mass is 10.2. The van der Waals surface area contributed by atoms with Gasteiger partial charge in [-0.3, -0.25) is 0 Å². The Morgan fingerprint density at radius 2 is 2.25 bits per heavy atom. The zero-order valence-electron chi connectivity index (χ0n) is 7.36. The molecule has 1 rings (SSSR count). The van der Waals surface area contributed by atoms with Crippen LogP contribution in [0.2, 0.25) is 0 Å². The van der Waals surface area contributed by atoms with Gasteiger partial charge in [0, 0.05) is 13.1 Å². The lowest BCUT2D eigenvalue weighted by Gasteiger charge is -2.12. The third-order valence-electron chi connectivity index (χ3n) is 2.02. The average molecular weight is 192 g/mol. The molecule has 0 bridgehead atoms. The fourth-order valence-corrected chi connectivity index (χ4v) is 3.40. The van der Waals surface area contributed by atoms with Crippen LogP contribution in [-0.4, -0.2) is 38.1 Å². The minimum atomic E-state index is -2.93. The van der Waals surface area contributed by atoms with Crippen molar-refractivity contribution >= 4 is 10.0 Å². The summed E-state index contributed by atoms with van der Waals surface area (Å²) >= 11 is 0. The summed E-state index contributed by atoms with van der Waals surface area (Å²) in [7, 11) is -2.93. The van der Waals surface area contributed by atoms with Gasteiger partial charge < -0.3 is 5.73 Å². The van der Waals surface area contributed by atoms with Gasteiger partial charge >= 0.3 is 0 Å². The fraction of sp³-hybridized carbons (Fsp3) is 1.00. The first-order valence-corrected chi connectivity index (χ1v) is 5.85. The molecule has 4 nitrogen and oxygen atoms in total. The quantitative estimate of drug-likeness (QED) is 0.663. The second kappa shape index (κ2) is 3.72. The normalized spacial score (nSPS) is 29.3. The SMILES string of the molecule is CC1CN(CCCN)S(=O)(=O)C1. The molecule has 0 aromatic rings. The van der Waals surface area contributed by atoms with Crippen LogP contribution in [0.5, 0.6) is 0 Å². The van der Waals surface area contributed by atoms with Crippen molar-refractivity contribution in [2.75, 3.05) is 25.4 Å². The van der Waals surface area contributed by atoms with Crippen LogP contribution in [0.4, 0.5) is 0 Å². The predicted octanol–water partition coefficient (Wildman–Crippen LogP) is -0.383. The van der Waals surface area contributed by atoms with E-state index < -0.39 is 10.0 Å². The standard InChI is InChI=1S/C7H16N2O2S/c1-7-5-9(4-2-3-8)12(10,11)6-7/h7H,2-6,8H2,1H3. The van der Waals surface area contributed by atoms with Gasteiger partial charge in [0.1, 0.15) is 0 Å². The van der Waals surface area contributed by atoms with Gasteiger partial charge in [-0.05, 0) is 18.9 Å². The minimum Gasteiger partial charge on any atom is -0.330 e. The monoisotopic (exact) mass is 192 g/mol. The molecule has 0 aliphatic carbocycles. The summed E-state index contributed by atoms with van der Waals surface area (Å²) < 4.78 is 24.3. The molecule has 0 saturated carbocycles. The molecule has 0 spiro atoms. The Hall–Kier alpha value is -0.130. The summed E-state index contributed by atoms with van der Waals surface area (Å²) in [5, 5.41) is 0. The highest BCUT2D eigenvalue weighted by Gasteiger charge is 2.32. The van der Waals surface area contributed by atoms with Crippen LogP contribution in [0.25, 0.3) is 0 Å². The summed E-state index contributed by atoms with van der Waals surface area (Å²) in [6, 6.07) is 0. The fourth-order valence-electron chi connectivity index (χ4n) is 1.48. The maximum absolute atomic E-state index is 11.4. The van der Waals surface area contributed by atoms with Crippen molar-refractivity contribution in [3.63, 3.8) is 0 Å². The Morgan fingerprint density at radius 3 is 2.67 bits per heavy atom. The molecule has 0 aromatic carbocycles. The van der Waals surface area contributed by atoms with E-state index in [-0.39, 0.29) is 5.92 Å². The van der Waals surface area contributed by atoms with Gasteiger partial charge in [-0.1, -0.05) is 6.92 Å². The number of nitrogens with zero attached hydrogens (tertiary/aromatic N) is 1. The van der Waals surface area contributed by atoms with Gasteiger partial charge in [-0.15, -0.1) is 0 Å². The number of sulfonamides is 1. The van der Waals surface area contributed by atoms with E-state index in [4.69, 9.17) is 5.73 Å². The van der Waals surface area contributed by atoms with E-state index in [0.29, 0.717) is 25.4 Å². The Kier molecular flexibility index (Phi) is 3.09. The zero-order chi connectivity index (χ0) is 9.19. The first kappa shape index (κ1) is 9.95. The molecule has 5 heteroatoms. The van der Waals surface area contributed by atoms with Crippen LogP contribution >= 0.6 is 0 Å². The van der Waals surface area contributed by atoms with Gasteiger partial charge in [-0.25, -0.2) is 12.7 Å². The topological polar surface area (TPSA) is 63.4 Å². The maximum Gasteiger partial charge on any atom is 0.214 e. The minimum absolute atomic E-state index is 0.271. The van der Waals surface area contributed by atoms with E-state index in [0.717, 1.165) is 6.42 Å². The van der Waals surface area contributed by atoms with Crippen LogP contribution in [0.3, 0.4) is 0 Å². The van der Waals surface area contributed by atoms with Gasteiger partial charge in [-0.2, -0.15) is 0 Å². The number of hydrogen-bond donors (Lipinski definition) is 1. The van der Waals surface area contributed by atoms with Crippen LogP contribution in [0.1, 0.15) is 13.3 Å². The third kappa shape index (κ3) is 2.18. The molecular formula is C7H16N2O2S. The Balaban J connectivity index is 2.54. The number of nitrogens with two attached hydrogens (primary N) is 1. The van der Waals surface area contributed by atoms with Crippen molar-refractivity contribution in [2.24, 2.45) is 11.7 Å². The second-order valence-electron chi connectivity index (χ2n) is 3.38. The molecule has 0 amide bonds. The molecule has 0 aromatic heterocycles. The van der Waals surface area contributed by atoms with E-state index in [1.807, 2.05) is 6.92 Å². The van der Waals surface area contributed by atoms with E-state index in [1.54, 1.807) is 4.31 Å². The molecule has 1 atom stereocenters. The highest BCUT2D eigenvalue weighted by atomic mass is 32.2. The summed E-state index contributed by atoms with van der Waals surface area (Å²) in [6.07, 6.45) is 0.756. The van der Waals surface area contributed by atoms with Crippen LogP contribution in [0.15, 0.2) is 0 Å². The van der Waals surface area contributed by atoms with Crippen molar-refractivity contribution < 1.29 is 8.42 Å². The largest absolute Gasteiger partial charge is 0.330 e. The Bertz CT molecular complexity index is 238. The molecule has 1 fully saturated rings. The molecule has 1 saturated heterocycles. The maximum atomic E-state index is 11.4. The summed E-state index contributed by atoms with van der Waals surface area (Å²) in [5.74, 6) is 0.574. The van der Waals surface area contributed by atoms with E-state index in [9.17, 15) is 8.42 Å². The smallest absolute Gasteiger partial charge is 0.214 e. The van der Waals surface area contributed by atoms with E-state index in [2.05, 4.69) is 0 Å². The molecular weight excluding hydrogens is 176 g/mol. The van der Waals surface area contributed by atoms with Gasteiger partial charge in [0.25, 0.3) is 0 Å². The van der Waals surface area contributed by atoms with Gasteiger partial charge in [0.15, 0.2) is 0 Å². The average Bonchev–Trinajstić information content (AvgIpc) is 2.20. The van der Waals surface area contributed by atoms with E-state index in [1.165, 1.54) is 0 Å². The Labute approximate surface area is 73.8 Å². The van der Waals surface area contributed by atoms with E-state index >= 15 is 0 Å². The van der Waals surface area contributed by atoms with Crippen molar-refractivity contribution in [3.05, 3.63) is 0 Å². The lowest BCUT2D eigenvalue weighted by Crippen LogP contribution is -2.28. The molecule has 12 heavy (non-hydrogen) atoms. The van der Waals surface area contributed by atoms with Crippen molar-refractivity contribution in [2.45, 2.75) is 13.3 Å². The van der Waals surface area contributed by atoms with Gasteiger partial charge in [0.05, 0.1) is 5.75 Å². The highest BCUT2D eigenvalue weighted by Crippen LogP contribution is 2.18.